The molecule has 158 valence electrons. The lowest BCUT2D eigenvalue weighted by Crippen LogP contribution is -2.50. The molecule has 5 rings (SSSR count). The van der Waals surface area contributed by atoms with Gasteiger partial charge in [-0.1, -0.05) is 56.1 Å². The molecule has 30 heavy (non-hydrogen) atoms. The summed E-state index contributed by atoms with van der Waals surface area (Å²) in [5, 5.41) is 0. The van der Waals surface area contributed by atoms with E-state index in [0.29, 0.717) is 26.4 Å². The van der Waals surface area contributed by atoms with Crippen molar-refractivity contribution in [3.63, 3.8) is 0 Å². The van der Waals surface area contributed by atoms with Crippen LogP contribution in [0.15, 0.2) is 57.5 Å². The lowest BCUT2D eigenvalue weighted by atomic mass is 9.78. The van der Waals surface area contributed by atoms with Crippen molar-refractivity contribution in [3.8, 4) is 0 Å². The van der Waals surface area contributed by atoms with Crippen LogP contribution in [0.1, 0.15) is 36.5 Å². The summed E-state index contributed by atoms with van der Waals surface area (Å²) in [6, 6.07) is 15.7. The van der Waals surface area contributed by atoms with Gasteiger partial charge in [-0.2, -0.15) is 0 Å². The normalized spacial score (nSPS) is 34.0. The Morgan fingerprint density at radius 3 is 1.30 bits per heavy atom. The third-order valence-corrected chi connectivity index (χ3v) is 7.43. The maximum atomic E-state index is 13.5. The third-order valence-electron chi connectivity index (χ3n) is 6.37. The van der Waals surface area contributed by atoms with Gasteiger partial charge in [-0.3, -0.25) is 4.79 Å². The first kappa shape index (κ1) is 20.8. The fourth-order valence-corrected chi connectivity index (χ4v) is 5.09. The van der Waals surface area contributed by atoms with Crippen LogP contribution in [0, 0.1) is 10.8 Å². The number of halogens is 2. The van der Waals surface area contributed by atoms with Gasteiger partial charge in [0.2, 0.25) is 0 Å². The van der Waals surface area contributed by atoms with Gasteiger partial charge in [0.05, 0.1) is 37.3 Å². The highest BCUT2D eigenvalue weighted by molar-refractivity contribution is 9.10. The van der Waals surface area contributed by atoms with E-state index >= 15 is 0 Å². The predicted octanol–water partition coefficient (Wildman–Crippen LogP) is 5.34. The van der Waals surface area contributed by atoms with Crippen LogP contribution in [0.4, 0.5) is 0 Å². The molecular formula is C23H22Br2O5. The first-order valence-electron chi connectivity index (χ1n) is 10.0. The van der Waals surface area contributed by atoms with Gasteiger partial charge in [0.25, 0.3) is 0 Å². The monoisotopic (exact) mass is 536 g/mol. The molecule has 1 aliphatic carbocycles. The van der Waals surface area contributed by atoms with Gasteiger partial charge in [0.15, 0.2) is 18.4 Å². The maximum Gasteiger partial charge on any atom is 0.183 e. The molecule has 0 N–H and O–H groups in total. The van der Waals surface area contributed by atoms with Crippen LogP contribution in [0.5, 0.6) is 0 Å². The van der Waals surface area contributed by atoms with E-state index in [2.05, 4.69) is 31.9 Å². The Labute approximate surface area is 192 Å². The molecule has 2 aromatic rings. The molecule has 0 amide bonds. The Morgan fingerprint density at radius 1 is 0.633 bits per heavy atom. The van der Waals surface area contributed by atoms with Gasteiger partial charge in [0.1, 0.15) is 0 Å². The average molecular weight is 538 g/mol. The number of carbonyl (C=O) groups excluding carboxylic acids is 1. The number of hydrogen-bond donors (Lipinski definition) is 0. The highest BCUT2D eigenvalue weighted by Crippen LogP contribution is 2.52. The Kier molecular flexibility index (Phi) is 5.62. The second-order valence-electron chi connectivity index (χ2n) is 8.40. The molecule has 2 aliphatic heterocycles. The molecule has 3 fully saturated rings. The minimum absolute atomic E-state index is 0.151. The molecule has 5 nitrogen and oxygen atoms in total. The van der Waals surface area contributed by atoms with Crippen molar-refractivity contribution in [2.45, 2.75) is 25.4 Å². The summed E-state index contributed by atoms with van der Waals surface area (Å²) < 4.78 is 26.0. The van der Waals surface area contributed by atoms with Crippen molar-refractivity contribution in [1.29, 1.82) is 0 Å². The molecule has 0 radical (unpaired) electrons. The molecular weight excluding hydrogens is 516 g/mol. The summed E-state index contributed by atoms with van der Waals surface area (Å²) in [7, 11) is 0. The van der Waals surface area contributed by atoms with Gasteiger partial charge in [-0.25, -0.2) is 0 Å². The van der Waals surface area contributed by atoms with Crippen LogP contribution in [0.2, 0.25) is 0 Å². The quantitative estimate of drug-likeness (QED) is 0.517. The summed E-state index contributed by atoms with van der Waals surface area (Å²) in [4.78, 5) is 13.5. The second kappa shape index (κ2) is 8.11. The van der Waals surface area contributed by atoms with Crippen LogP contribution >= 0.6 is 31.9 Å². The fourth-order valence-electron chi connectivity index (χ4n) is 4.56. The predicted molar refractivity (Wildman–Crippen MR) is 117 cm³/mol. The van der Waals surface area contributed by atoms with E-state index in [1.807, 2.05) is 48.5 Å². The van der Waals surface area contributed by atoms with Crippen molar-refractivity contribution in [3.05, 3.63) is 68.6 Å². The molecule has 0 bridgehead atoms. The number of rotatable bonds is 2. The van der Waals surface area contributed by atoms with E-state index in [1.165, 1.54) is 0 Å². The number of Topliss-reactive ketones (excluding diaryl/α,β-unsaturated/α-hetero) is 1. The molecule has 2 aromatic carbocycles. The highest BCUT2D eigenvalue weighted by atomic mass is 79.9. The lowest BCUT2D eigenvalue weighted by molar-refractivity contribution is -0.240. The van der Waals surface area contributed by atoms with E-state index < -0.39 is 23.4 Å². The first-order valence-corrected chi connectivity index (χ1v) is 11.6. The van der Waals surface area contributed by atoms with Crippen molar-refractivity contribution in [2.24, 2.45) is 10.8 Å². The van der Waals surface area contributed by atoms with Crippen LogP contribution in [-0.4, -0.2) is 32.2 Å². The minimum atomic E-state index is -0.608. The molecule has 2 spiro atoms. The first-order chi connectivity index (χ1) is 14.5. The molecule has 2 heterocycles. The van der Waals surface area contributed by atoms with E-state index in [9.17, 15) is 4.79 Å². The fraction of sp³-hybridized carbons (Fsp3) is 0.435. The van der Waals surface area contributed by atoms with Gasteiger partial charge < -0.3 is 18.9 Å². The lowest BCUT2D eigenvalue weighted by Gasteiger charge is -2.40. The molecule has 1 saturated carbocycles. The van der Waals surface area contributed by atoms with Crippen molar-refractivity contribution in [2.75, 3.05) is 26.4 Å². The van der Waals surface area contributed by atoms with Crippen LogP contribution in [0.25, 0.3) is 0 Å². The van der Waals surface area contributed by atoms with Crippen molar-refractivity contribution >= 4 is 37.6 Å². The zero-order chi connectivity index (χ0) is 20.8. The van der Waals surface area contributed by atoms with Crippen LogP contribution < -0.4 is 0 Å². The Hall–Kier alpha value is -1.09. The smallest absolute Gasteiger partial charge is 0.183 e. The molecule has 0 atom stereocenters. The summed E-state index contributed by atoms with van der Waals surface area (Å²) in [5.41, 5.74) is 0.691. The van der Waals surface area contributed by atoms with Crippen molar-refractivity contribution in [1.82, 2.24) is 0 Å². The zero-order valence-electron chi connectivity index (χ0n) is 16.3. The van der Waals surface area contributed by atoms with E-state index in [1.54, 1.807) is 0 Å². The summed E-state index contributed by atoms with van der Waals surface area (Å²) >= 11 is 6.87. The zero-order valence-corrected chi connectivity index (χ0v) is 19.5. The number of ether oxygens (including phenoxy) is 4. The van der Waals surface area contributed by atoms with Crippen LogP contribution in [0.3, 0.4) is 0 Å². The Bertz CT molecular complexity index is 836. The molecule has 3 aliphatic rings. The SMILES string of the molecule is O=C1C2(CCC13COC(c1ccc(Br)cc1)OC3)COC(c1ccc(Br)cc1)OC2. The summed E-state index contributed by atoms with van der Waals surface area (Å²) in [6.07, 6.45) is 0.589. The van der Waals surface area contributed by atoms with E-state index in [0.717, 1.165) is 32.9 Å². The summed E-state index contributed by atoms with van der Waals surface area (Å²) in [6.45, 7) is 1.46. The molecule has 0 aromatic heterocycles. The Morgan fingerprint density at radius 2 is 0.967 bits per heavy atom. The van der Waals surface area contributed by atoms with Gasteiger partial charge >= 0.3 is 0 Å². The summed E-state index contributed by atoms with van der Waals surface area (Å²) in [5.74, 6) is 0.151. The van der Waals surface area contributed by atoms with Gasteiger partial charge in [0, 0.05) is 20.1 Å². The molecule has 2 saturated heterocycles. The third kappa shape index (κ3) is 3.70. The minimum Gasteiger partial charge on any atom is -0.347 e. The van der Waals surface area contributed by atoms with Crippen LogP contribution in [-0.2, 0) is 23.7 Å². The maximum absolute atomic E-state index is 13.5. The Balaban J connectivity index is 1.23. The van der Waals surface area contributed by atoms with Gasteiger partial charge in [-0.15, -0.1) is 0 Å². The second-order valence-corrected chi connectivity index (χ2v) is 10.2. The van der Waals surface area contributed by atoms with Gasteiger partial charge in [-0.05, 0) is 37.1 Å². The number of ketones is 1. The topological polar surface area (TPSA) is 54.0 Å². The standard InChI is InChI=1S/C23H22Br2O5/c24-17-5-1-15(2-6-17)19-27-11-22(12-28-19)9-10-23(21(22)26)13-29-20(30-14-23)16-3-7-18(25)8-4-16/h1-8,19-20H,9-14H2. The number of benzene rings is 2. The van der Waals surface area contributed by atoms with Crippen molar-refractivity contribution < 1.29 is 23.7 Å². The molecule has 7 heteroatoms. The average Bonchev–Trinajstić information content (AvgIpc) is 3.03. The largest absolute Gasteiger partial charge is 0.347 e. The molecule has 0 unspecified atom stereocenters. The number of hydrogen-bond acceptors (Lipinski definition) is 5. The highest BCUT2D eigenvalue weighted by Gasteiger charge is 2.60. The van der Waals surface area contributed by atoms with E-state index in [4.69, 9.17) is 18.9 Å². The number of carbonyl (C=O) groups is 1. The van der Waals surface area contributed by atoms with E-state index in [-0.39, 0.29) is 5.78 Å².